The molecule has 0 saturated heterocycles. The normalized spacial score (nSPS) is 16.9. The molecule has 0 heterocycles. The first kappa shape index (κ1) is 14.9. The van der Waals surface area contributed by atoms with Gasteiger partial charge in [0.25, 0.3) is 5.91 Å². The van der Waals surface area contributed by atoms with Crippen LogP contribution in [0.15, 0.2) is 18.2 Å². The molecule has 0 unspecified atom stereocenters. The largest absolute Gasteiger partial charge is 0.481 e. The molecular formula is C15H18ClNO3. The van der Waals surface area contributed by atoms with Crippen LogP contribution in [0, 0.1) is 12.3 Å². The number of hydrogen-bond donors (Lipinski definition) is 2. The molecule has 0 aliphatic heterocycles. The molecule has 0 radical (unpaired) electrons. The number of nitrogens with one attached hydrogen (secondary N) is 1. The number of carboxylic acid groups (broad SMARTS) is 1. The molecule has 2 rings (SSSR count). The van der Waals surface area contributed by atoms with Crippen LogP contribution < -0.4 is 5.32 Å². The quantitative estimate of drug-likeness (QED) is 0.897. The van der Waals surface area contributed by atoms with Gasteiger partial charge in [0.2, 0.25) is 0 Å². The molecule has 1 aliphatic rings. The summed E-state index contributed by atoms with van der Waals surface area (Å²) in [6, 6.07) is 5.13. The number of benzene rings is 1. The number of halogens is 1. The number of hydrogen-bond acceptors (Lipinski definition) is 2. The van der Waals surface area contributed by atoms with Crippen LogP contribution in [0.25, 0.3) is 0 Å². The first-order valence-electron chi connectivity index (χ1n) is 6.73. The van der Waals surface area contributed by atoms with Crippen LogP contribution in [0.4, 0.5) is 0 Å². The highest BCUT2D eigenvalue weighted by molar-refractivity contribution is 6.31. The maximum atomic E-state index is 12.2. The number of carbonyl (C=O) groups is 2. The summed E-state index contributed by atoms with van der Waals surface area (Å²) in [4.78, 5) is 23.6. The molecule has 0 bridgehead atoms. The monoisotopic (exact) mass is 295 g/mol. The summed E-state index contributed by atoms with van der Waals surface area (Å²) < 4.78 is 0. The second kappa shape index (κ2) is 5.83. The number of aliphatic carboxylic acids is 1. The second-order valence-corrected chi connectivity index (χ2v) is 5.79. The zero-order chi connectivity index (χ0) is 14.8. The summed E-state index contributed by atoms with van der Waals surface area (Å²) in [7, 11) is 0. The predicted molar refractivity (Wildman–Crippen MR) is 77.1 cm³/mol. The average Bonchev–Trinajstić information content (AvgIpc) is 2.89. The summed E-state index contributed by atoms with van der Waals surface area (Å²) in [6.07, 6.45) is 3.05. The van der Waals surface area contributed by atoms with E-state index >= 15 is 0 Å². The topological polar surface area (TPSA) is 66.4 Å². The van der Waals surface area contributed by atoms with Gasteiger partial charge in [-0.25, -0.2) is 0 Å². The lowest BCUT2D eigenvalue weighted by molar-refractivity contribution is -0.148. The van der Waals surface area contributed by atoms with E-state index in [0.29, 0.717) is 29.0 Å². The fraction of sp³-hybridized carbons (Fsp3) is 0.467. The molecule has 1 aromatic carbocycles. The maximum Gasteiger partial charge on any atom is 0.311 e. The molecule has 1 saturated carbocycles. The van der Waals surface area contributed by atoms with Gasteiger partial charge in [-0.3, -0.25) is 9.59 Å². The van der Waals surface area contributed by atoms with Crippen molar-refractivity contribution in [3.63, 3.8) is 0 Å². The molecule has 0 aromatic heterocycles. The Morgan fingerprint density at radius 2 is 2.00 bits per heavy atom. The van der Waals surface area contributed by atoms with E-state index in [1.807, 2.05) is 0 Å². The number of carbonyl (C=O) groups excluding carboxylic acids is 1. The van der Waals surface area contributed by atoms with Crippen LogP contribution in [-0.4, -0.2) is 23.5 Å². The first-order chi connectivity index (χ1) is 9.46. The third kappa shape index (κ3) is 2.80. The molecule has 4 nitrogen and oxygen atoms in total. The van der Waals surface area contributed by atoms with Gasteiger partial charge in [-0.1, -0.05) is 30.5 Å². The molecule has 5 heteroatoms. The Hall–Kier alpha value is -1.55. The Labute approximate surface area is 123 Å². The predicted octanol–water partition coefficient (Wildman–Crippen LogP) is 3.02. The lowest BCUT2D eigenvalue weighted by Gasteiger charge is -2.24. The smallest absolute Gasteiger partial charge is 0.311 e. The average molecular weight is 296 g/mol. The number of amides is 1. The van der Waals surface area contributed by atoms with Gasteiger partial charge in [-0.05, 0) is 37.5 Å². The van der Waals surface area contributed by atoms with Crippen LogP contribution in [0.3, 0.4) is 0 Å². The van der Waals surface area contributed by atoms with Crippen molar-refractivity contribution >= 4 is 23.5 Å². The lowest BCUT2D eigenvalue weighted by atomic mass is 9.86. The van der Waals surface area contributed by atoms with Crippen LogP contribution in [-0.2, 0) is 4.79 Å². The maximum absolute atomic E-state index is 12.2. The summed E-state index contributed by atoms with van der Waals surface area (Å²) in [5.74, 6) is -1.09. The number of carboxylic acids is 1. The zero-order valence-electron chi connectivity index (χ0n) is 11.4. The van der Waals surface area contributed by atoms with Crippen molar-refractivity contribution < 1.29 is 14.7 Å². The summed E-state index contributed by atoms with van der Waals surface area (Å²) in [5.41, 5.74) is 0.404. The molecule has 0 spiro atoms. The van der Waals surface area contributed by atoms with Crippen LogP contribution in [0.1, 0.15) is 41.6 Å². The Morgan fingerprint density at radius 1 is 1.35 bits per heavy atom. The molecule has 1 aliphatic carbocycles. The Balaban J connectivity index is 2.08. The van der Waals surface area contributed by atoms with Gasteiger partial charge in [-0.15, -0.1) is 0 Å². The standard InChI is InChI=1S/C15H18ClNO3/c1-10-11(5-4-6-12(10)16)13(18)17-9-15(14(19)20)7-2-3-8-15/h4-6H,2-3,7-9H2,1H3,(H,17,18)(H,19,20). The van der Waals surface area contributed by atoms with Crippen LogP contribution in [0.2, 0.25) is 5.02 Å². The molecule has 2 N–H and O–H groups in total. The first-order valence-corrected chi connectivity index (χ1v) is 7.11. The van der Waals surface area contributed by atoms with E-state index in [0.717, 1.165) is 12.8 Å². The minimum Gasteiger partial charge on any atom is -0.481 e. The van der Waals surface area contributed by atoms with Gasteiger partial charge in [0, 0.05) is 17.1 Å². The second-order valence-electron chi connectivity index (χ2n) is 5.39. The molecule has 1 amide bonds. The van der Waals surface area contributed by atoms with Crippen LogP contribution in [0.5, 0.6) is 0 Å². The Kier molecular flexibility index (Phi) is 4.33. The molecule has 1 aromatic rings. The third-order valence-electron chi connectivity index (χ3n) is 4.11. The SMILES string of the molecule is Cc1c(Cl)cccc1C(=O)NCC1(C(=O)O)CCCC1. The van der Waals surface area contributed by atoms with E-state index in [-0.39, 0.29) is 12.5 Å². The highest BCUT2D eigenvalue weighted by atomic mass is 35.5. The zero-order valence-corrected chi connectivity index (χ0v) is 12.2. The Morgan fingerprint density at radius 3 is 2.60 bits per heavy atom. The van der Waals surface area contributed by atoms with Crippen LogP contribution >= 0.6 is 11.6 Å². The van der Waals surface area contributed by atoms with Crippen molar-refractivity contribution in [3.8, 4) is 0 Å². The number of rotatable bonds is 4. The fourth-order valence-corrected chi connectivity index (χ4v) is 2.89. The van der Waals surface area contributed by atoms with Gasteiger partial charge in [0.05, 0.1) is 5.41 Å². The van der Waals surface area contributed by atoms with Crippen molar-refractivity contribution in [3.05, 3.63) is 34.3 Å². The summed E-state index contributed by atoms with van der Waals surface area (Å²) >= 11 is 5.99. The minimum atomic E-state index is -0.821. The molecular weight excluding hydrogens is 278 g/mol. The van der Waals surface area contributed by atoms with E-state index in [1.165, 1.54) is 0 Å². The lowest BCUT2D eigenvalue weighted by Crippen LogP contribution is -2.41. The minimum absolute atomic E-state index is 0.174. The molecule has 20 heavy (non-hydrogen) atoms. The summed E-state index contributed by atoms with van der Waals surface area (Å²) in [5, 5.41) is 12.7. The molecule has 108 valence electrons. The van der Waals surface area contributed by atoms with Crippen molar-refractivity contribution in [2.75, 3.05) is 6.54 Å². The van der Waals surface area contributed by atoms with Crippen molar-refractivity contribution in [2.45, 2.75) is 32.6 Å². The van der Waals surface area contributed by atoms with E-state index < -0.39 is 11.4 Å². The van der Waals surface area contributed by atoms with Gasteiger partial charge >= 0.3 is 5.97 Å². The van der Waals surface area contributed by atoms with E-state index in [2.05, 4.69) is 5.32 Å². The van der Waals surface area contributed by atoms with E-state index in [1.54, 1.807) is 25.1 Å². The Bertz CT molecular complexity index is 536. The van der Waals surface area contributed by atoms with Crippen molar-refractivity contribution in [1.82, 2.24) is 5.32 Å². The summed E-state index contributed by atoms with van der Waals surface area (Å²) in [6.45, 7) is 1.95. The van der Waals surface area contributed by atoms with Gasteiger partial charge in [-0.2, -0.15) is 0 Å². The highest BCUT2D eigenvalue weighted by Gasteiger charge is 2.41. The van der Waals surface area contributed by atoms with Crippen molar-refractivity contribution in [2.24, 2.45) is 5.41 Å². The fourth-order valence-electron chi connectivity index (χ4n) is 2.72. The van der Waals surface area contributed by atoms with Gasteiger partial charge in [0.1, 0.15) is 0 Å². The van der Waals surface area contributed by atoms with Gasteiger partial charge < -0.3 is 10.4 Å². The van der Waals surface area contributed by atoms with E-state index in [4.69, 9.17) is 11.6 Å². The van der Waals surface area contributed by atoms with E-state index in [9.17, 15) is 14.7 Å². The highest BCUT2D eigenvalue weighted by Crippen LogP contribution is 2.37. The molecule has 0 atom stereocenters. The molecule has 1 fully saturated rings. The van der Waals surface area contributed by atoms with Crippen molar-refractivity contribution in [1.29, 1.82) is 0 Å². The third-order valence-corrected chi connectivity index (χ3v) is 4.52. The van der Waals surface area contributed by atoms with Gasteiger partial charge in [0.15, 0.2) is 0 Å².